The topological polar surface area (TPSA) is 91.7 Å². The third-order valence-electron chi connectivity index (χ3n) is 4.99. The smallest absolute Gasteiger partial charge is 0.407 e. The summed E-state index contributed by atoms with van der Waals surface area (Å²) in [6.07, 6.45) is 3.15. The van der Waals surface area contributed by atoms with Crippen molar-refractivity contribution in [3.05, 3.63) is 59.7 Å². The number of aliphatic hydroxyl groups is 1. The molecule has 0 aliphatic heterocycles. The number of hydrogen-bond acceptors (Lipinski definition) is 5. The van der Waals surface area contributed by atoms with Crippen LogP contribution in [0.15, 0.2) is 42.6 Å². The minimum Gasteiger partial charge on any atom is -0.506 e. The second kappa shape index (κ2) is 8.35. The van der Waals surface area contributed by atoms with Crippen LogP contribution in [0.4, 0.5) is 9.18 Å². The van der Waals surface area contributed by atoms with E-state index in [1.807, 2.05) is 0 Å². The summed E-state index contributed by atoms with van der Waals surface area (Å²) in [6, 6.07) is 9.38. The van der Waals surface area contributed by atoms with Gasteiger partial charge in [0.05, 0.1) is 18.5 Å². The van der Waals surface area contributed by atoms with Gasteiger partial charge in [0.1, 0.15) is 17.2 Å². The van der Waals surface area contributed by atoms with E-state index in [4.69, 9.17) is 4.74 Å². The van der Waals surface area contributed by atoms with Gasteiger partial charge in [-0.3, -0.25) is 4.98 Å². The maximum atomic E-state index is 13.5. The molecule has 3 rings (SSSR count). The number of alkyl carbamates (subject to hydrolysis) is 1. The van der Waals surface area contributed by atoms with Gasteiger partial charge < -0.3 is 20.3 Å². The maximum Gasteiger partial charge on any atom is 0.407 e. The molecule has 0 saturated heterocycles. The van der Waals surface area contributed by atoms with Crippen LogP contribution in [0.3, 0.4) is 0 Å². The molecule has 1 saturated carbocycles. The van der Waals surface area contributed by atoms with Crippen molar-refractivity contribution in [2.24, 2.45) is 5.92 Å². The van der Waals surface area contributed by atoms with Crippen molar-refractivity contribution in [1.82, 2.24) is 10.3 Å². The van der Waals surface area contributed by atoms with Gasteiger partial charge in [-0.1, -0.05) is 18.2 Å². The van der Waals surface area contributed by atoms with E-state index in [0.717, 1.165) is 0 Å². The second-order valence-corrected chi connectivity index (χ2v) is 6.92. The van der Waals surface area contributed by atoms with Gasteiger partial charge in [0.15, 0.2) is 0 Å². The van der Waals surface area contributed by atoms with Gasteiger partial charge in [-0.15, -0.1) is 0 Å². The highest BCUT2D eigenvalue weighted by atomic mass is 19.1. The number of carbonyl (C=O) groups excluding carboxylic acids is 1. The first-order valence-corrected chi connectivity index (χ1v) is 8.98. The monoisotopic (exact) mass is 374 g/mol. The van der Waals surface area contributed by atoms with Gasteiger partial charge >= 0.3 is 6.09 Å². The van der Waals surface area contributed by atoms with E-state index in [1.165, 1.54) is 18.3 Å². The van der Waals surface area contributed by atoms with E-state index in [2.05, 4.69) is 10.3 Å². The van der Waals surface area contributed by atoms with Crippen LogP contribution in [0.5, 0.6) is 5.75 Å². The van der Waals surface area contributed by atoms with Gasteiger partial charge in [-0.2, -0.15) is 0 Å². The highest BCUT2D eigenvalue weighted by Crippen LogP contribution is 2.38. The number of aromatic nitrogens is 1. The van der Waals surface area contributed by atoms with E-state index >= 15 is 0 Å². The van der Waals surface area contributed by atoms with Gasteiger partial charge in [-0.25, -0.2) is 9.18 Å². The van der Waals surface area contributed by atoms with Gasteiger partial charge in [-0.05, 0) is 49.8 Å². The zero-order valence-electron chi connectivity index (χ0n) is 14.9. The molecule has 1 fully saturated rings. The minimum absolute atomic E-state index is 0.0610. The Hall–Kier alpha value is -2.67. The molecule has 2 aromatic rings. The second-order valence-electron chi connectivity index (χ2n) is 6.92. The lowest BCUT2D eigenvalue weighted by Gasteiger charge is -2.35. The molecule has 0 unspecified atom stereocenters. The number of nitrogens with zero attached hydrogens (tertiary/aromatic N) is 1. The van der Waals surface area contributed by atoms with Crippen LogP contribution >= 0.6 is 0 Å². The summed E-state index contributed by atoms with van der Waals surface area (Å²) < 4.78 is 18.7. The quantitative estimate of drug-likeness (QED) is 0.747. The number of benzene rings is 1. The van der Waals surface area contributed by atoms with Crippen molar-refractivity contribution >= 4 is 6.09 Å². The molecular formula is C20H23FN2O4. The number of halogens is 1. The zero-order valence-corrected chi connectivity index (χ0v) is 14.9. The molecule has 144 valence electrons. The summed E-state index contributed by atoms with van der Waals surface area (Å²) in [5.41, 5.74) is -0.0713. The molecule has 1 aromatic carbocycles. The first-order valence-electron chi connectivity index (χ1n) is 8.98. The Morgan fingerprint density at radius 1 is 1.26 bits per heavy atom. The summed E-state index contributed by atoms with van der Waals surface area (Å²) in [4.78, 5) is 15.9. The third kappa shape index (κ3) is 4.95. The summed E-state index contributed by atoms with van der Waals surface area (Å²) >= 11 is 0. The molecule has 1 aliphatic rings. The van der Waals surface area contributed by atoms with E-state index in [-0.39, 0.29) is 30.6 Å². The lowest BCUT2D eigenvalue weighted by Crippen LogP contribution is -2.34. The molecule has 1 aliphatic carbocycles. The molecular weight excluding hydrogens is 351 g/mol. The number of amides is 1. The predicted molar refractivity (Wildman–Crippen MR) is 96.3 cm³/mol. The Balaban J connectivity index is 1.42. The average molecular weight is 374 g/mol. The fourth-order valence-corrected chi connectivity index (χ4v) is 3.29. The largest absolute Gasteiger partial charge is 0.506 e. The van der Waals surface area contributed by atoms with Crippen molar-refractivity contribution in [2.75, 3.05) is 6.61 Å². The van der Waals surface area contributed by atoms with E-state index in [9.17, 15) is 19.4 Å². The van der Waals surface area contributed by atoms with E-state index in [0.29, 0.717) is 36.9 Å². The van der Waals surface area contributed by atoms with Crippen molar-refractivity contribution < 1.29 is 24.1 Å². The van der Waals surface area contributed by atoms with Crippen LogP contribution in [0.1, 0.15) is 36.9 Å². The molecule has 3 N–H and O–H groups in total. The van der Waals surface area contributed by atoms with E-state index < -0.39 is 11.7 Å². The van der Waals surface area contributed by atoms with Gasteiger partial charge in [0.25, 0.3) is 0 Å². The Labute approximate surface area is 157 Å². The highest BCUT2D eigenvalue weighted by Gasteiger charge is 2.36. The zero-order chi connectivity index (χ0) is 19.3. The number of rotatable bonds is 5. The van der Waals surface area contributed by atoms with Crippen LogP contribution in [0.2, 0.25) is 0 Å². The SMILES string of the molecule is O=C(NCc1ccccc1F)OCC1CCC(O)(c2ccc(O)cn2)CC1. The van der Waals surface area contributed by atoms with Crippen LogP contribution in [-0.4, -0.2) is 27.9 Å². The first-order chi connectivity index (χ1) is 13.0. The molecule has 0 bridgehead atoms. The molecule has 27 heavy (non-hydrogen) atoms. The lowest BCUT2D eigenvalue weighted by molar-refractivity contribution is -0.0258. The molecule has 0 atom stereocenters. The van der Waals surface area contributed by atoms with Crippen LogP contribution in [-0.2, 0) is 16.9 Å². The number of nitrogens with one attached hydrogen (secondary N) is 1. The molecule has 6 nitrogen and oxygen atoms in total. The molecule has 1 amide bonds. The maximum absolute atomic E-state index is 13.5. The fourth-order valence-electron chi connectivity index (χ4n) is 3.29. The molecule has 0 spiro atoms. The number of carbonyl (C=O) groups is 1. The van der Waals surface area contributed by atoms with Gasteiger partial charge in [0, 0.05) is 12.1 Å². The number of aromatic hydroxyl groups is 1. The van der Waals surface area contributed by atoms with Crippen LogP contribution in [0.25, 0.3) is 0 Å². The standard InChI is InChI=1S/C20H23FN2O4/c21-17-4-2-1-3-15(17)11-23-19(25)27-13-14-7-9-20(26,10-8-14)18-6-5-16(24)12-22-18/h1-6,12,14,24,26H,7-11,13H2,(H,23,25). The highest BCUT2D eigenvalue weighted by molar-refractivity contribution is 5.67. The van der Waals surface area contributed by atoms with Crippen molar-refractivity contribution in [3.63, 3.8) is 0 Å². The normalized spacial score (nSPS) is 22.2. The molecule has 0 radical (unpaired) electrons. The number of hydrogen-bond donors (Lipinski definition) is 3. The Morgan fingerprint density at radius 2 is 2.00 bits per heavy atom. The van der Waals surface area contributed by atoms with Crippen molar-refractivity contribution in [2.45, 2.75) is 37.8 Å². The third-order valence-corrected chi connectivity index (χ3v) is 4.99. The summed E-state index contributed by atoms with van der Waals surface area (Å²) in [5.74, 6) is -0.153. The molecule has 1 aromatic heterocycles. The number of ether oxygens (including phenoxy) is 1. The molecule has 7 heteroatoms. The Kier molecular flexibility index (Phi) is 5.91. The fraction of sp³-hybridized carbons (Fsp3) is 0.400. The van der Waals surface area contributed by atoms with Crippen molar-refractivity contribution in [3.8, 4) is 5.75 Å². The average Bonchev–Trinajstić information content (AvgIpc) is 2.67. The van der Waals surface area contributed by atoms with Crippen LogP contribution < -0.4 is 5.32 Å². The predicted octanol–water partition coefficient (Wildman–Crippen LogP) is 3.23. The Morgan fingerprint density at radius 3 is 2.67 bits per heavy atom. The summed E-state index contributed by atoms with van der Waals surface area (Å²) in [7, 11) is 0. The van der Waals surface area contributed by atoms with Crippen molar-refractivity contribution in [1.29, 1.82) is 0 Å². The van der Waals surface area contributed by atoms with Gasteiger partial charge in [0.2, 0.25) is 0 Å². The molecule has 1 heterocycles. The lowest BCUT2D eigenvalue weighted by atomic mass is 9.77. The van der Waals surface area contributed by atoms with Crippen LogP contribution in [0, 0.1) is 11.7 Å². The minimum atomic E-state index is -1.02. The Bertz CT molecular complexity index is 774. The first kappa shape index (κ1) is 19.1. The summed E-state index contributed by atoms with van der Waals surface area (Å²) in [5, 5.41) is 22.6. The van der Waals surface area contributed by atoms with E-state index in [1.54, 1.807) is 24.3 Å². The summed E-state index contributed by atoms with van der Waals surface area (Å²) in [6.45, 7) is 0.324. The number of pyridine rings is 1.